The van der Waals surface area contributed by atoms with Crippen LogP contribution in [-0.4, -0.2) is 5.91 Å². The predicted molar refractivity (Wildman–Crippen MR) is 63.3 cm³/mol. The lowest BCUT2D eigenvalue weighted by Gasteiger charge is -2.22. The quantitative estimate of drug-likeness (QED) is 0.794. The molecule has 2 N–H and O–H groups in total. The molecule has 0 heterocycles. The van der Waals surface area contributed by atoms with Gasteiger partial charge in [0.05, 0.1) is 5.41 Å². The first kappa shape index (κ1) is 12.7. The highest BCUT2D eigenvalue weighted by Crippen LogP contribution is 2.32. The van der Waals surface area contributed by atoms with Crippen molar-refractivity contribution in [2.45, 2.75) is 13.8 Å². The Morgan fingerprint density at radius 3 is 2.50 bits per heavy atom. The van der Waals surface area contributed by atoms with Crippen LogP contribution in [0.5, 0.6) is 0 Å². The second kappa shape index (κ2) is 4.66. The van der Waals surface area contributed by atoms with Crippen molar-refractivity contribution in [3.63, 3.8) is 0 Å². The molecule has 0 atom stereocenters. The highest BCUT2D eigenvalue weighted by Gasteiger charge is 2.31. The van der Waals surface area contributed by atoms with Gasteiger partial charge in [0.25, 0.3) is 0 Å². The van der Waals surface area contributed by atoms with E-state index in [4.69, 9.17) is 17.3 Å². The molecule has 0 fully saturated rings. The summed E-state index contributed by atoms with van der Waals surface area (Å²) in [6.07, 6.45) is 7.54. The summed E-state index contributed by atoms with van der Waals surface area (Å²) in [5, 5.41) is 0.264. The molecule has 2 nitrogen and oxygen atoms in total. The first-order valence-corrected chi connectivity index (χ1v) is 5.15. The Kier molecular flexibility index (Phi) is 3.70. The Balaban J connectivity index is 3.30. The van der Waals surface area contributed by atoms with Crippen molar-refractivity contribution in [3.8, 4) is 0 Å². The third kappa shape index (κ3) is 2.61. The minimum atomic E-state index is -1.07. The first-order valence-electron chi connectivity index (χ1n) is 4.78. The van der Waals surface area contributed by atoms with Crippen LogP contribution in [0.25, 0.3) is 0 Å². The summed E-state index contributed by atoms with van der Waals surface area (Å²) in [4.78, 5) is 11.3. The van der Waals surface area contributed by atoms with Gasteiger partial charge < -0.3 is 5.73 Å². The van der Waals surface area contributed by atoms with E-state index in [1.54, 1.807) is 32.1 Å². The number of halogens is 2. The number of carbonyl (C=O) groups excluding carboxylic acids is 1. The minimum Gasteiger partial charge on any atom is -0.369 e. The van der Waals surface area contributed by atoms with E-state index in [-0.39, 0.29) is 10.6 Å². The van der Waals surface area contributed by atoms with Gasteiger partial charge in [0.2, 0.25) is 5.91 Å². The highest BCUT2D eigenvalue weighted by molar-refractivity contribution is 6.31. The fraction of sp³-hybridized carbons (Fsp3) is 0.250. The van der Waals surface area contributed by atoms with Gasteiger partial charge in [-0.3, -0.25) is 4.79 Å². The second-order valence-corrected chi connectivity index (χ2v) is 4.43. The normalized spacial score (nSPS) is 28.6. The van der Waals surface area contributed by atoms with E-state index < -0.39 is 17.1 Å². The van der Waals surface area contributed by atoms with Gasteiger partial charge in [-0.1, -0.05) is 29.8 Å². The molecule has 4 heteroatoms. The second-order valence-electron chi connectivity index (χ2n) is 4.00. The first-order chi connectivity index (χ1) is 7.35. The molecule has 1 rings (SSSR count). The van der Waals surface area contributed by atoms with Crippen LogP contribution >= 0.6 is 11.6 Å². The number of nitrogens with two attached hydrogens (primary N) is 1. The third-order valence-corrected chi connectivity index (χ3v) is 2.68. The Morgan fingerprint density at radius 2 is 1.94 bits per heavy atom. The fourth-order valence-electron chi connectivity index (χ4n) is 1.27. The maximum absolute atomic E-state index is 13.8. The molecule has 0 aromatic heterocycles. The molecule has 0 spiro atoms. The van der Waals surface area contributed by atoms with E-state index in [9.17, 15) is 9.18 Å². The molecule has 16 heavy (non-hydrogen) atoms. The smallest absolute Gasteiger partial charge is 0.227 e. The van der Waals surface area contributed by atoms with Gasteiger partial charge >= 0.3 is 0 Å². The number of rotatable bonds is 2. The van der Waals surface area contributed by atoms with E-state index in [1.807, 2.05) is 0 Å². The number of carbonyl (C=O) groups is 1. The van der Waals surface area contributed by atoms with E-state index in [2.05, 4.69) is 0 Å². The molecule has 1 amide bonds. The van der Waals surface area contributed by atoms with Crippen LogP contribution in [0.3, 0.4) is 0 Å². The van der Waals surface area contributed by atoms with E-state index >= 15 is 0 Å². The summed E-state index contributed by atoms with van der Waals surface area (Å²) in [7, 11) is 0. The molecular formula is C12H13ClFNO. The lowest BCUT2D eigenvalue weighted by atomic mass is 9.82. The third-order valence-electron chi connectivity index (χ3n) is 2.44. The minimum absolute atomic E-state index is 0.225. The zero-order valence-electron chi connectivity index (χ0n) is 9.13. The molecule has 0 unspecified atom stereocenters. The molecule has 0 saturated heterocycles. The molecule has 0 radical (unpaired) electrons. The number of hydrogen-bond donors (Lipinski definition) is 1. The number of primary amides is 1. The van der Waals surface area contributed by atoms with Gasteiger partial charge in [-0.15, -0.1) is 0 Å². The average molecular weight is 242 g/mol. The maximum atomic E-state index is 13.8. The van der Waals surface area contributed by atoms with Crippen LogP contribution in [0.15, 0.2) is 46.8 Å². The van der Waals surface area contributed by atoms with Crippen LogP contribution in [0.2, 0.25) is 0 Å². The van der Waals surface area contributed by atoms with Crippen molar-refractivity contribution in [1.82, 2.24) is 0 Å². The van der Waals surface area contributed by atoms with Crippen molar-refractivity contribution >= 4 is 17.5 Å². The fourth-order valence-corrected chi connectivity index (χ4v) is 1.43. The highest BCUT2D eigenvalue weighted by atomic mass is 35.5. The predicted octanol–water partition coefficient (Wildman–Crippen LogP) is 2.97. The molecule has 1 aliphatic carbocycles. The summed E-state index contributed by atoms with van der Waals surface area (Å²) in [5.74, 6) is -1.13. The Labute approximate surface area is 99.0 Å². The van der Waals surface area contributed by atoms with Gasteiger partial charge in [0, 0.05) is 10.6 Å². The van der Waals surface area contributed by atoms with E-state index in [0.29, 0.717) is 0 Å². The summed E-state index contributed by atoms with van der Waals surface area (Å²) >= 11 is 5.73. The van der Waals surface area contributed by atoms with Crippen molar-refractivity contribution in [1.29, 1.82) is 0 Å². The lowest BCUT2D eigenvalue weighted by molar-refractivity contribution is -0.124. The SMILES string of the molecule is CC(C)(C(N)=O)C1=C(F)/C=C(Cl)\C=C\C=C\1. The number of hydrogen-bond acceptors (Lipinski definition) is 1. The molecule has 86 valence electrons. The molecule has 0 aromatic carbocycles. The molecular weight excluding hydrogens is 229 g/mol. The largest absolute Gasteiger partial charge is 0.369 e. The molecule has 0 aliphatic heterocycles. The maximum Gasteiger partial charge on any atom is 0.227 e. The van der Waals surface area contributed by atoms with Gasteiger partial charge in [0.15, 0.2) is 0 Å². The summed E-state index contributed by atoms with van der Waals surface area (Å²) < 4.78 is 13.8. The van der Waals surface area contributed by atoms with Crippen molar-refractivity contribution in [2.75, 3.05) is 0 Å². The average Bonchev–Trinajstić information content (AvgIpc) is 2.13. The number of amides is 1. The standard InChI is InChI=1S/C12H13ClFNO/c1-12(2,11(15)16)9-6-4-3-5-8(13)7-10(9)14/h3-7H,1-2H3,(H2,15,16)/b4-3?,5-3+,6-4+,8-5?,8-7+,9-6?,10-7?,10-9-. The molecule has 0 aromatic rings. The summed E-state index contributed by atoms with van der Waals surface area (Å²) in [5.41, 5.74) is 4.40. The van der Waals surface area contributed by atoms with Gasteiger partial charge in [0.1, 0.15) is 5.83 Å². The van der Waals surface area contributed by atoms with Crippen LogP contribution in [0, 0.1) is 5.41 Å². The van der Waals surface area contributed by atoms with E-state index in [0.717, 1.165) is 0 Å². The Hall–Kier alpha value is -1.35. The van der Waals surface area contributed by atoms with Gasteiger partial charge in [-0.2, -0.15) is 0 Å². The molecule has 0 saturated carbocycles. The van der Waals surface area contributed by atoms with Crippen LogP contribution in [-0.2, 0) is 4.79 Å². The summed E-state index contributed by atoms with van der Waals surface area (Å²) in [6, 6.07) is 0. The van der Waals surface area contributed by atoms with Crippen LogP contribution in [0.1, 0.15) is 13.8 Å². The van der Waals surface area contributed by atoms with Crippen LogP contribution < -0.4 is 5.73 Å². The Morgan fingerprint density at radius 1 is 1.38 bits per heavy atom. The summed E-state index contributed by atoms with van der Waals surface area (Å²) in [6.45, 7) is 3.14. The van der Waals surface area contributed by atoms with Gasteiger partial charge in [-0.05, 0) is 26.0 Å². The zero-order chi connectivity index (χ0) is 12.3. The molecule has 0 bridgehead atoms. The lowest BCUT2D eigenvalue weighted by Crippen LogP contribution is -2.33. The Bertz CT molecular complexity index is 430. The van der Waals surface area contributed by atoms with E-state index in [1.165, 1.54) is 12.2 Å². The van der Waals surface area contributed by atoms with Crippen molar-refractivity contribution in [3.05, 3.63) is 46.8 Å². The number of allylic oxidation sites excluding steroid dienone is 7. The van der Waals surface area contributed by atoms with Gasteiger partial charge in [-0.25, -0.2) is 4.39 Å². The zero-order valence-corrected chi connectivity index (χ0v) is 9.88. The molecule has 1 aliphatic rings. The monoisotopic (exact) mass is 241 g/mol. The topological polar surface area (TPSA) is 43.1 Å². The van der Waals surface area contributed by atoms with Crippen molar-refractivity contribution < 1.29 is 9.18 Å². The van der Waals surface area contributed by atoms with Crippen molar-refractivity contribution in [2.24, 2.45) is 11.1 Å². The van der Waals surface area contributed by atoms with Crippen LogP contribution in [0.4, 0.5) is 4.39 Å².